The van der Waals surface area contributed by atoms with E-state index in [1.807, 2.05) is 0 Å². The highest BCUT2D eigenvalue weighted by Crippen LogP contribution is 2.11. The number of hydrogen-bond acceptors (Lipinski definition) is 5. The summed E-state index contributed by atoms with van der Waals surface area (Å²) in [6.45, 7) is 0.130. The van der Waals surface area contributed by atoms with E-state index in [1.54, 1.807) is 0 Å². The van der Waals surface area contributed by atoms with E-state index in [4.69, 9.17) is 0 Å². The number of amides is 2. The zero-order valence-corrected chi connectivity index (χ0v) is 8.31. The third kappa shape index (κ3) is 2.67. The molecule has 8 heteroatoms. The van der Waals surface area contributed by atoms with Crippen LogP contribution in [0.2, 0.25) is 0 Å². The third-order valence-corrected chi connectivity index (χ3v) is 2.29. The Labute approximate surface area is 81.3 Å². The zero-order valence-electron chi connectivity index (χ0n) is 7.49. The Bertz CT molecular complexity index is 311. The molecule has 2 amide bonds. The van der Waals surface area contributed by atoms with Crippen LogP contribution in [-0.4, -0.2) is 56.7 Å². The molecule has 0 aromatic carbocycles. The van der Waals surface area contributed by atoms with Crippen molar-refractivity contribution < 1.29 is 22.2 Å². The summed E-state index contributed by atoms with van der Waals surface area (Å²) in [4.78, 5) is 20.8. The topological polar surface area (TPSA) is 84.0 Å². The van der Waals surface area contributed by atoms with Gasteiger partial charge in [0.05, 0.1) is 19.3 Å². The van der Waals surface area contributed by atoms with Gasteiger partial charge in [0.1, 0.15) is 6.10 Å². The maximum Gasteiger partial charge on any atom is 0.264 e. The summed E-state index contributed by atoms with van der Waals surface area (Å²) in [7, 11) is -3.56. The fourth-order valence-electron chi connectivity index (χ4n) is 1.20. The molecule has 0 radical (unpaired) electrons. The Morgan fingerprint density at radius 2 is 1.64 bits per heavy atom. The van der Waals surface area contributed by atoms with Gasteiger partial charge in [0.25, 0.3) is 10.1 Å². The minimum Gasteiger partial charge on any atom is -0.277 e. The molecule has 0 aromatic rings. The molecule has 1 aliphatic rings. The molecule has 0 spiro atoms. The van der Waals surface area contributed by atoms with E-state index in [9.17, 15) is 18.0 Å². The molecule has 1 fully saturated rings. The minimum absolute atomic E-state index is 0.0648. The van der Waals surface area contributed by atoms with Crippen LogP contribution in [0.25, 0.3) is 0 Å². The molecule has 1 aliphatic heterocycles. The standard InChI is InChI=1S/C6H10N2O5S/c1-14(11,12)13-6-2-7(4-9)8(3-6)5-10/h4-6H,2-3H2,1H3. The molecule has 7 nitrogen and oxygen atoms in total. The Kier molecular flexibility index (Phi) is 3.06. The maximum atomic E-state index is 10.7. The summed E-state index contributed by atoms with van der Waals surface area (Å²) >= 11 is 0. The largest absolute Gasteiger partial charge is 0.277 e. The first-order chi connectivity index (χ1) is 6.46. The summed E-state index contributed by atoms with van der Waals surface area (Å²) < 4.78 is 26.1. The predicted molar refractivity (Wildman–Crippen MR) is 45.3 cm³/mol. The van der Waals surface area contributed by atoms with E-state index < -0.39 is 16.2 Å². The van der Waals surface area contributed by atoms with Crippen LogP contribution >= 0.6 is 0 Å². The molecular formula is C6H10N2O5S. The average molecular weight is 222 g/mol. The van der Waals surface area contributed by atoms with Crippen molar-refractivity contribution in [3.05, 3.63) is 0 Å². The van der Waals surface area contributed by atoms with Crippen molar-refractivity contribution in [3.63, 3.8) is 0 Å². The van der Waals surface area contributed by atoms with Gasteiger partial charge in [0.2, 0.25) is 12.8 Å². The number of carbonyl (C=O) groups is 2. The maximum absolute atomic E-state index is 10.7. The highest BCUT2D eigenvalue weighted by Gasteiger charge is 2.31. The SMILES string of the molecule is CS(=O)(=O)OC1CN(C=O)N(C=O)C1. The molecule has 0 aliphatic carbocycles. The Hall–Kier alpha value is -1.15. The van der Waals surface area contributed by atoms with Gasteiger partial charge in [-0.3, -0.25) is 23.8 Å². The molecule has 80 valence electrons. The fraction of sp³-hybridized carbons (Fsp3) is 0.667. The number of rotatable bonds is 4. The lowest BCUT2D eigenvalue weighted by Gasteiger charge is -2.17. The number of hydrazine groups is 1. The monoisotopic (exact) mass is 222 g/mol. The van der Waals surface area contributed by atoms with E-state index in [0.29, 0.717) is 12.8 Å². The lowest BCUT2D eigenvalue weighted by molar-refractivity contribution is -0.141. The number of carbonyl (C=O) groups excluding carboxylic acids is 2. The Morgan fingerprint density at radius 1 is 1.21 bits per heavy atom. The second-order valence-corrected chi connectivity index (χ2v) is 4.48. The summed E-state index contributed by atoms with van der Waals surface area (Å²) in [5.74, 6) is 0. The van der Waals surface area contributed by atoms with E-state index in [2.05, 4.69) is 4.18 Å². The first-order valence-electron chi connectivity index (χ1n) is 3.78. The second-order valence-electron chi connectivity index (χ2n) is 2.88. The molecule has 1 heterocycles. The van der Waals surface area contributed by atoms with Gasteiger partial charge in [-0.1, -0.05) is 0 Å². The Balaban J connectivity index is 2.62. The minimum atomic E-state index is -3.56. The van der Waals surface area contributed by atoms with Crippen LogP contribution in [0.3, 0.4) is 0 Å². The summed E-state index contributed by atoms with van der Waals surface area (Å²) in [5.41, 5.74) is 0. The van der Waals surface area contributed by atoms with Crippen molar-refractivity contribution in [1.29, 1.82) is 0 Å². The van der Waals surface area contributed by atoms with E-state index in [0.717, 1.165) is 16.3 Å². The van der Waals surface area contributed by atoms with Gasteiger partial charge >= 0.3 is 0 Å². The van der Waals surface area contributed by atoms with E-state index in [1.165, 1.54) is 0 Å². The summed E-state index contributed by atoms with van der Waals surface area (Å²) in [5, 5.41) is 2.12. The first-order valence-corrected chi connectivity index (χ1v) is 5.60. The molecule has 0 atom stereocenters. The predicted octanol–water partition coefficient (Wildman–Crippen LogP) is -1.82. The van der Waals surface area contributed by atoms with Crippen molar-refractivity contribution in [2.24, 2.45) is 0 Å². The molecule has 0 aromatic heterocycles. The van der Waals surface area contributed by atoms with Crippen molar-refractivity contribution in [3.8, 4) is 0 Å². The molecule has 14 heavy (non-hydrogen) atoms. The van der Waals surface area contributed by atoms with Gasteiger partial charge in [0, 0.05) is 0 Å². The Morgan fingerprint density at radius 3 is 1.93 bits per heavy atom. The van der Waals surface area contributed by atoms with Crippen LogP contribution in [-0.2, 0) is 23.9 Å². The van der Waals surface area contributed by atoms with Gasteiger partial charge in [-0.05, 0) is 0 Å². The quantitative estimate of drug-likeness (QED) is 0.413. The van der Waals surface area contributed by atoms with Crippen molar-refractivity contribution in [1.82, 2.24) is 10.0 Å². The van der Waals surface area contributed by atoms with Gasteiger partial charge in [-0.15, -0.1) is 0 Å². The van der Waals surface area contributed by atoms with Crippen LogP contribution < -0.4 is 0 Å². The smallest absolute Gasteiger partial charge is 0.264 e. The highest BCUT2D eigenvalue weighted by atomic mass is 32.2. The van der Waals surface area contributed by atoms with Crippen molar-refractivity contribution in [2.75, 3.05) is 19.3 Å². The fourth-order valence-corrected chi connectivity index (χ4v) is 1.82. The second kappa shape index (κ2) is 3.93. The van der Waals surface area contributed by atoms with Gasteiger partial charge in [0.15, 0.2) is 0 Å². The van der Waals surface area contributed by atoms with Crippen molar-refractivity contribution >= 4 is 22.9 Å². The lowest BCUT2D eigenvalue weighted by atomic mass is 10.4. The van der Waals surface area contributed by atoms with Crippen LogP contribution in [0.5, 0.6) is 0 Å². The molecule has 0 unspecified atom stereocenters. The van der Waals surface area contributed by atoms with Crippen LogP contribution in [0.4, 0.5) is 0 Å². The van der Waals surface area contributed by atoms with Crippen molar-refractivity contribution in [2.45, 2.75) is 6.10 Å². The summed E-state index contributed by atoms with van der Waals surface area (Å²) in [6, 6.07) is 0. The average Bonchev–Trinajstić information content (AvgIpc) is 2.43. The third-order valence-electron chi connectivity index (χ3n) is 1.67. The summed E-state index contributed by atoms with van der Waals surface area (Å²) in [6.07, 6.45) is 1.13. The van der Waals surface area contributed by atoms with Gasteiger partial charge < -0.3 is 0 Å². The molecular weight excluding hydrogens is 212 g/mol. The van der Waals surface area contributed by atoms with Gasteiger partial charge in [-0.25, -0.2) is 0 Å². The zero-order chi connectivity index (χ0) is 10.8. The van der Waals surface area contributed by atoms with E-state index >= 15 is 0 Å². The first kappa shape index (κ1) is 10.9. The van der Waals surface area contributed by atoms with E-state index in [-0.39, 0.29) is 13.1 Å². The molecule has 0 N–H and O–H groups in total. The number of hydrogen-bond donors (Lipinski definition) is 0. The van der Waals surface area contributed by atoms with Gasteiger partial charge in [-0.2, -0.15) is 8.42 Å². The molecule has 1 rings (SSSR count). The van der Waals surface area contributed by atoms with Crippen LogP contribution in [0.15, 0.2) is 0 Å². The normalized spacial score (nSPS) is 18.6. The lowest BCUT2D eigenvalue weighted by Crippen LogP contribution is -2.33. The van der Waals surface area contributed by atoms with Crippen LogP contribution in [0, 0.1) is 0 Å². The highest BCUT2D eigenvalue weighted by molar-refractivity contribution is 7.86. The molecule has 0 bridgehead atoms. The molecule has 1 saturated heterocycles. The molecule has 0 saturated carbocycles. The van der Waals surface area contributed by atoms with Crippen LogP contribution in [0.1, 0.15) is 0 Å². The number of nitrogens with zero attached hydrogens (tertiary/aromatic N) is 2.